The van der Waals surface area contributed by atoms with Crippen molar-refractivity contribution in [1.29, 1.82) is 0 Å². The number of imide groups is 1. The fourth-order valence-electron chi connectivity index (χ4n) is 5.08. The maximum atomic E-state index is 13.8. The largest absolute Gasteiger partial charge is 0.494 e. The molecule has 0 saturated carbocycles. The molecule has 0 N–H and O–H groups in total. The highest BCUT2D eigenvalue weighted by atomic mass is 16.5. The molecule has 2 amide bonds. The molecule has 1 fully saturated rings. The van der Waals surface area contributed by atoms with Gasteiger partial charge < -0.3 is 9.64 Å². The Morgan fingerprint density at radius 3 is 2.19 bits per heavy atom. The Labute approximate surface area is 190 Å². The van der Waals surface area contributed by atoms with Crippen molar-refractivity contribution in [3.63, 3.8) is 0 Å². The molecule has 32 heavy (non-hydrogen) atoms. The first kappa shape index (κ1) is 22.1. The van der Waals surface area contributed by atoms with Gasteiger partial charge in [0.1, 0.15) is 11.4 Å². The number of anilines is 1. The number of carbonyl (C=O) groups excluding carboxylic acids is 2. The highest BCUT2D eigenvalue weighted by molar-refractivity contribution is 6.45. The van der Waals surface area contributed by atoms with Crippen molar-refractivity contribution >= 4 is 23.1 Å². The van der Waals surface area contributed by atoms with Crippen LogP contribution in [0.3, 0.4) is 0 Å². The van der Waals surface area contributed by atoms with Crippen LogP contribution in [-0.2, 0) is 9.59 Å². The molecule has 2 heterocycles. The van der Waals surface area contributed by atoms with Crippen molar-refractivity contribution < 1.29 is 14.3 Å². The van der Waals surface area contributed by atoms with Crippen molar-refractivity contribution in [3.8, 4) is 5.75 Å². The molecule has 2 unspecified atom stereocenters. The summed E-state index contributed by atoms with van der Waals surface area (Å²) in [6.07, 6.45) is 1.13. The molecule has 0 spiro atoms. The summed E-state index contributed by atoms with van der Waals surface area (Å²) in [6.45, 7) is 12.5. The van der Waals surface area contributed by atoms with Crippen LogP contribution < -0.4 is 9.64 Å². The molecule has 0 aliphatic carbocycles. The summed E-state index contributed by atoms with van der Waals surface area (Å²) in [5, 5.41) is 0. The monoisotopic (exact) mass is 432 g/mol. The van der Waals surface area contributed by atoms with Crippen LogP contribution in [0.4, 0.5) is 5.69 Å². The molecule has 2 aromatic carbocycles. The molecule has 2 aliphatic heterocycles. The van der Waals surface area contributed by atoms with E-state index in [1.54, 1.807) is 0 Å². The average molecular weight is 433 g/mol. The number of piperidine rings is 1. The zero-order valence-corrected chi connectivity index (χ0v) is 19.6. The van der Waals surface area contributed by atoms with Gasteiger partial charge in [-0.15, -0.1) is 0 Å². The van der Waals surface area contributed by atoms with Crippen molar-refractivity contribution in [2.45, 2.75) is 41.0 Å². The number of hydrogen-bond donors (Lipinski definition) is 0. The van der Waals surface area contributed by atoms with Crippen LogP contribution in [-0.4, -0.2) is 36.4 Å². The van der Waals surface area contributed by atoms with E-state index in [0.29, 0.717) is 35.4 Å². The molecule has 4 rings (SSSR count). The van der Waals surface area contributed by atoms with E-state index in [1.807, 2.05) is 63.2 Å². The van der Waals surface area contributed by atoms with Crippen molar-refractivity contribution in [1.82, 2.24) is 4.90 Å². The molecule has 2 aromatic rings. The third-order valence-corrected chi connectivity index (χ3v) is 6.29. The van der Waals surface area contributed by atoms with E-state index < -0.39 is 0 Å². The number of hydrogen-bond acceptors (Lipinski definition) is 4. The Kier molecular flexibility index (Phi) is 6.09. The summed E-state index contributed by atoms with van der Waals surface area (Å²) in [7, 11) is 0. The number of aryl methyl sites for hydroxylation is 2. The first-order chi connectivity index (χ1) is 15.3. The summed E-state index contributed by atoms with van der Waals surface area (Å²) in [5.74, 6) is 1.19. The molecule has 2 aliphatic rings. The van der Waals surface area contributed by atoms with Crippen molar-refractivity contribution in [3.05, 3.63) is 64.9 Å². The first-order valence-electron chi connectivity index (χ1n) is 11.5. The third-order valence-electron chi connectivity index (χ3n) is 6.29. The van der Waals surface area contributed by atoms with Crippen molar-refractivity contribution in [2.75, 3.05) is 24.6 Å². The van der Waals surface area contributed by atoms with Crippen LogP contribution in [0.2, 0.25) is 0 Å². The van der Waals surface area contributed by atoms with Gasteiger partial charge in [0.2, 0.25) is 0 Å². The molecular formula is C27H32N2O3. The second kappa shape index (κ2) is 8.81. The van der Waals surface area contributed by atoms with Crippen LogP contribution in [0.15, 0.2) is 48.2 Å². The lowest BCUT2D eigenvalue weighted by Crippen LogP contribution is -2.42. The summed E-state index contributed by atoms with van der Waals surface area (Å²) in [4.78, 5) is 31.1. The van der Waals surface area contributed by atoms with Crippen LogP contribution >= 0.6 is 0 Å². The van der Waals surface area contributed by atoms with E-state index in [4.69, 9.17) is 4.74 Å². The van der Waals surface area contributed by atoms with E-state index in [-0.39, 0.29) is 11.8 Å². The quantitative estimate of drug-likeness (QED) is 0.627. The number of likely N-dealkylation sites (tertiary alicyclic amines) is 1. The van der Waals surface area contributed by atoms with E-state index in [2.05, 4.69) is 18.7 Å². The van der Waals surface area contributed by atoms with Gasteiger partial charge in [-0.2, -0.15) is 0 Å². The molecule has 168 valence electrons. The van der Waals surface area contributed by atoms with Gasteiger partial charge in [-0.3, -0.25) is 9.59 Å². The summed E-state index contributed by atoms with van der Waals surface area (Å²) in [6, 6.07) is 13.3. The zero-order chi connectivity index (χ0) is 23.0. The maximum absolute atomic E-state index is 13.8. The van der Waals surface area contributed by atoms with Gasteiger partial charge in [0.25, 0.3) is 11.8 Å². The second-order valence-corrected chi connectivity index (χ2v) is 9.27. The Balaban J connectivity index is 1.82. The molecule has 0 bridgehead atoms. The summed E-state index contributed by atoms with van der Waals surface area (Å²) in [5.41, 5.74) is 4.43. The standard InChI is InChI=1S/C27H32N2O3/c1-6-32-22-10-8-21(9-11-22)24-25(28-15-18(3)13-19(4)16-28)27(31)29(26(24)30)23-12-7-17(2)14-20(23)5/h7-12,14,18-19H,6,13,15-16H2,1-5H3. The Morgan fingerprint density at radius 2 is 1.59 bits per heavy atom. The summed E-state index contributed by atoms with van der Waals surface area (Å²) >= 11 is 0. The lowest BCUT2D eigenvalue weighted by molar-refractivity contribution is -0.120. The van der Waals surface area contributed by atoms with Gasteiger partial charge in [-0.25, -0.2) is 4.90 Å². The lowest BCUT2D eigenvalue weighted by Gasteiger charge is -2.37. The molecule has 2 atom stereocenters. The number of nitrogens with zero attached hydrogens (tertiary/aromatic N) is 2. The average Bonchev–Trinajstić information content (AvgIpc) is 2.99. The van der Waals surface area contributed by atoms with Crippen LogP contribution in [0.5, 0.6) is 5.75 Å². The third kappa shape index (κ3) is 4.04. The smallest absolute Gasteiger partial charge is 0.282 e. The van der Waals surface area contributed by atoms with Crippen LogP contribution in [0, 0.1) is 25.7 Å². The minimum absolute atomic E-state index is 0.230. The van der Waals surface area contributed by atoms with E-state index in [1.165, 1.54) is 4.90 Å². The van der Waals surface area contributed by atoms with Crippen molar-refractivity contribution in [2.24, 2.45) is 11.8 Å². The number of carbonyl (C=O) groups is 2. The Morgan fingerprint density at radius 1 is 0.938 bits per heavy atom. The molecule has 5 heteroatoms. The van der Waals surface area contributed by atoms with Gasteiger partial charge in [0.05, 0.1) is 17.9 Å². The normalized spacial score (nSPS) is 21.5. The SMILES string of the molecule is CCOc1ccc(C2=C(N3CC(C)CC(C)C3)C(=O)N(c3ccc(C)cc3C)C2=O)cc1. The Bertz CT molecular complexity index is 1060. The molecule has 0 aromatic heterocycles. The molecule has 1 saturated heterocycles. The number of amides is 2. The summed E-state index contributed by atoms with van der Waals surface area (Å²) < 4.78 is 5.57. The van der Waals surface area contributed by atoms with Crippen LogP contribution in [0.1, 0.15) is 43.9 Å². The van der Waals surface area contributed by atoms with Gasteiger partial charge >= 0.3 is 0 Å². The molecular weight excluding hydrogens is 400 g/mol. The second-order valence-electron chi connectivity index (χ2n) is 9.27. The first-order valence-corrected chi connectivity index (χ1v) is 11.5. The maximum Gasteiger partial charge on any atom is 0.282 e. The lowest BCUT2D eigenvalue weighted by atomic mass is 9.91. The van der Waals surface area contributed by atoms with E-state index >= 15 is 0 Å². The minimum atomic E-state index is -0.257. The topological polar surface area (TPSA) is 49.9 Å². The fourth-order valence-corrected chi connectivity index (χ4v) is 5.08. The van der Waals surface area contributed by atoms with Gasteiger partial charge in [-0.05, 0) is 68.4 Å². The predicted octanol–water partition coefficient (Wildman–Crippen LogP) is 4.96. The number of ether oxygens (including phenoxy) is 1. The van der Waals surface area contributed by atoms with Crippen LogP contribution in [0.25, 0.3) is 5.57 Å². The van der Waals surface area contributed by atoms with Gasteiger partial charge in [0, 0.05) is 13.1 Å². The van der Waals surface area contributed by atoms with Gasteiger partial charge in [-0.1, -0.05) is 43.7 Å². The number of rotatable bonds is 5. The number of benzene rings is 2. The Hall–Kier alpha value is -3.08. The molecule has 0 radical (unpaired) electrons. The fraction of sp³-hybridized carbons (Fsp3) is 0.407. The van der Waals surface area contributed by atoms with E-state index in [0.717, 1.165) is 42.0 Å². The van der Waals surface area contributed by atoms with E-state index in [9.17, 15) is 9.59 Å². The predicted molar refractivity (Wildman–Crippen MR) is 127 cm³/mol. The zero-order valence-electron chi connectivity index (χ0n) is 19.6. The minimum Gasteiger partial charge on any atom is -0.494 e. The highest BCUT2D eigenvalue weighted by Crippen LogP contribution is 2.38. The van der Waals surface area contributed by atoms with Gasteiger partial charge in [0.15, 0.2) is 0 Å². The highest BCUT2D eigenvalue weighted by Gasteiger charge is 2.44. The molecule has 5 nitrogen and oxygen atoms in total.